The highest BCUT2D eigenvalue weighted by Gasteiger charge is 2.45. The van der Waals surface area contributed by atoms with Gasteiger partial charge in [-0.25, -0.2) is 5.26 Å². The number of anilines is 1. The van der Waals surface area contributed by atoms with Gasteiger partial charge in [-0.15, -0.1) is 4.33 Å². The molecule has 2 aliphatic heterocycles. The van der Waals surface area contributed by atoms with E-state index in [-0.39, 0.29) is 23.6 Å². The van der Waals surface area contributed by atoms with Gasteiger partial charge in [0.05, 0.1) is 16.1 Å². The van der Waals surface area contributed by atoms with Crippen LogP contribution in [0.25, 0.3) is 5.57 Å². The number of hydrogen-bond acceptors (Lipinski definition) is 11. The molecule has 5 rings (SSSR count). The van der Waals surface area contributed by atoms with E-state index >= 15 is 0 Å². The fourth-order valence-corrected chi connectivity index (χ4v) is 9.41. The summed E-state index contributed by atoms with van der Waals surface area (Å²) in [4.78, 5) is 1.66. The standard InChI is InChI=1S/C41H50N2O12S4/c1-6-7-12-29-13-8-9-14-33(29)30(15-21-38-40(2,3)34-27-31(53-57(45)46)17-19-36(34)42(38)23-10-25-56-55-54-44)16-22-39-41(4,5)35-28-32(59(50,51)52)18-20-37(35)43(39)24-11-26-58(47,48)49/h8-9,13-22,27-28H,6-7,10-12,23-26H2,1-5H3,(H3-,44,45,46,47,48,49,50,51,52)/p+1. The third kappa shape index (κ3) is 11.2. The molecule has 1 unspecified atom stereocenters. The van der Waals surface area contributed by atoms with Crippen LogP contribution in [0, 0.1) is 0 Å². The smallest absolute Gasteiger partial charge is 0.357 e. The number of aryl methyl sites for hydroxylation is 1. The van der Waals surface area contributed by atoms with E-state index in [4.69, 9.17) is 9.44 Å². The predicted octanol–water partition coefficient (Wildman–Crippen LogP) is 8.23. The molecule has 18 heteroatoms. The van der Waals surface area contributed by atoms with Gasteiger partial charge in [0.1, 0.15) is 12.3 Å². The minimum atomic E-state index is -4.52. The Hall–Kier alpha value is -3.69. The van der Waals surface area contributed by atoms with Crippen molar-refractivity contribution in [3.05, 3.63) is 113 Å². The van der Waals surface area contributed by atoms with Gasteiger partial charge in [-0.3, -0.25) is 13.7 Å². The summed E-state index contributed by atoms with van der Waals surface area (Å²) in [6, 6.07) is 17.8. The van der Waals surface area contributed by atoms with Crippen molar-refractivity contribution >= 4 is 66.3 Å². The fourth-order valence-electron chi connectivity index (χ4n) is 7.79. The molecular weight excluding hydrogens is 841 g/mol. The zero-order valence-corrected chi connectivity index (χ0v) is 36.8. The summed E-state index contributed by atoms with van der Waals surface area (Å²) in [5.41, 5.74) is 6.31. The highest BCUT2D eigenvalue weighted by atomic mass is 32.2. The number of fused-ring (bicyclic) bond motifs is 2. The Morgan fingerprint density at radius 1 is 0.949 bits per heavy atom. The lowest BCUT2D eigenvalue weighted by Gasteiger charge is -2.27. The Labute approximate surface area is 353 Å². The van der Waals surface area contributed by atoms with E-state index in [1.54, 1.807) is 18.2 Å². The van der Waals surface area contributed by atoms with Crippen LogP contribution in [0.15, 0.2) is 95.6 Å². The van der Waals surface area contributed by atoms with Crippen molar-refractivity contribution < 1.29 is 58.1 Å². The van der Waals surface area contributed by atoms with Gasteiger partial charge in [0.25, 0.3) is 20.2 Å². The average molecular weight is 892 g/mol. The molecule has 1 atom stereocenters. The second kappa shape index (κ2) is 19.4. The predicted molar refractivity (Wildman–Crippen MR) is 230 cm³/mol. The molecule has 3 aromatic rings. The summed E-state index contributed by atoms with van der Waals surface area (Å²) in [7, 11) is -8.77. The Morgan fingerprint density at radius 2 is 1.69 bits per heavy atom. The van der Waals surface area contributed by atoms with Crippen molar-refractivity contribution in [2.45, 2.75) is 82.4 Å². The first kappa shape index (κ1) is 46.4. The number of allylic oxidation sites excluding steroid dienone is 6. The molecule has 4 N–H and O–H groups in total. The fraction of sp³-hybridized carbons (Fsp3) is 0.390. The van der Waals surface area contributed by atoms with Crippen LogP contribution < -0.4 is 9.08 Å². The van der Waals surface area contributed by atoms with Crippen molar-refractivity contribution in [2.75, 3.05) is 29.5 Å². The Bertz CT molecular complexity index is 2410. The summed E-state index contributed by atoms with van der Waals surface area (Å²) >= 11 is -1.55. The van der Waals surface area contributed by atoms with E-state index in [0.29, 0.717) is 30.0 Å². The molecule has 0 aromatic heterocycles. The molecule has 59 heavy (non-hydrogen) atoms. The molecule has 0 amide bonds. The number of unbranched alkanes of at least 4 members (excludes halogenated alkanes) is 1. The Morgan fingerprint density at radius 3 is 2.37 bits per heavy atom. The van der Waals surface area contributed by atoms with Gasteiger partial charge in [0, 0.05) is 65.3 Å². The van der Waals surface area contributed by atoms with Crippen molar-refractivity contribution in [1.82, 2.24) is 0 Å². The zero-order valence-electron chi connectivity index (χ0n) is 33.5. The van der Waals surface area contributed by atoms with Crippen LogP contribution in [0.4, 0.5) is 11.4 Å². The summed E-state index contributed by atoms with van der Waals surface area (Å²) in [6.45, 7) is 10.9. The summed E-state index contributed by atoms with van der Waals surface area (Å²) < 4.78 is 100. The van der Waals surface area contributed by atoms with Gasteiger partial charge in [0.2, 0.25) is 5.69 Å². The maximum atomic E-state index is 12.2. The lowest BCUT2D eigenvalue weighted by atomic mass is 9.81. The Balaban J connectivity index is 1.68. The molecule has 14 nitrogen and oxygen atoms in total. The minimum Gasteiger partial charge on any atom is -0.380 e. The van der Waals surface area contributed by atoms with Crippen LogP contribution in [0.3, 0.4) is 0 Å². The summed E-state index contributed by atoms with van der Waals surface area (Å²) in [6.07, 6.45) is 11.6. The quantitative estimate of drug-likeness (QED) is 0.0124. The first-order valence-electron chi connectivity index (χ1n) is 19.0. The second-order valence-electron chi connectivity index (χ2n) is 15.3. The summed E-state index contributed by atoms with van der Waals surface area (Å²) in [5.74, 6) is 0.279. The van der Waals surface area contributed by atoms with Crippen molar-refractivity contribution in [3.63, 3.8) is 0 Å². The molecule has 0 saturated carbocycles. The molecule has 0 saturated heterocycles. The maximum Gasteiger partial charge on any atom is 0.357 e. The van der Waals surface area contributed by atoms with E-state index in [1.165, 1.54) is 12.1 Å². The van der Waals surface area contributed by atoms with Crippen LogP contribution in [0.5, 0.6) is 5.75 Å². The van der Waals surface area contributed by atoms with Crippen molar-refractivity contribution in [3.8, 4) is 5.75 Å². The molecule has 0 fully saturated rings. The molecule has 0 radical (unpaired) electrons. The highest BCUT2D eigenvalue weighted by Crippen LogP contribution is 2.49. The normalized spacial score (nSPS) is 17.5. The van der Waals surface area contributed by atoms with E-state index in [9.17, 15) is 34.7 Å². The van der Waals surface area contributed by atoms with Crippen molar-refractivity contribution in [2.24, 2.45) is 0 Å². The van der Waals surface area contributed by atoms with Gasteiger partial charge >= 0.3 is 11.4 Å². The first-order chi connectivity index (χ1) is 27.8. The lowest BCUT2D eigenvalue weighted by molar-refractivity contribution is -0.438. The van der Waals surface area contributed by atoms with Crippen LogP contribution in [0.2, 0.25) is 0 Å². The molecule has 3 aromatic carbocycles. The van der Waals surface area contributed by atoms with Crippen LogP contribution in [-0.2, 0) is 58.2 Å². The molecule has 2 heterocycles. The van der Waals surface area contributed by atoms with E-state index in [0.717, 1.165) is 70.7 Å². The van der Waals surface area contributed by atoms with Gasteiger partial charge in [0.15, 0.2) is 5.71 Å². The highest BCUT2D eigenvalue weighted by molar-refractivity contribution is 7.94. The monoisotopic (exact) mass is 891 g/mol. The van der Waals surface area contributed by atoms with Gasteiger partial charge < -0.3 is 9.08 Å². The maximum absolute atomic E-state index is 12.2. The number of benzene rings is 3. The molecule has 0 aliphatic carbocycles. The first-order valence-corrected chi connectivity index (χ1v) is 24.0. The SMILES string of the molecule is CCCCc1ccccc1C(=C\C=C1\N(CCCS(=O)(=O)O)c2ccc(S(=O)(=O)O)cc2C1(C)C)/C=C/C1=[N+](CCCSOOO)c2ccc(OS(=O)O)cc2C1(C)C. The van der Waals surface area contributed by atoms with Crippen molar-refractivity contribution in [1.29, 1.82) is 0 Å². The van der Waals surface area contributed by atoms with Gasteiger partial charge in [-0.05, 0) is 97.9 Å². The number of nitrogens with zero attached hydrogens (tertiary/aromatic N) is 2. The molecular formula is C41H51N2O12S4+. The molecule has 320 valence electrons. The van der Waals surface area contributed by atoms with E-state index < -0.39 is 48.2 Å². The number of hydrogen-bond donors (Lipinski definition) is 4. The van der Waals surface area contributed by atoms with Gasteiger partial charge in [-0.2, -0.15) is 25.6 Å². The molecule has 0 bridgehead atoms. The lowest BCUT2D eigenvalue weighted by Crippen LogP contribution is -2.28. The van der Waals surface area contributed by atoms with E-state index in [1.807, 2.05) is 55.2 Å². The van der Waals surface area contributed by atoms with Crippen LogP contribution in [-0.4, -0.2) is 74.8 Å². The largest absolute Gasteiger partial charge is 0.380 e. The number of rotatable bonds is 20. The topological polar surface area (TPSA) is 200 Å². The molecule has 0 spiro atoms. The van der Waals surface area contributed by atoms with Crippen LogP contribution >= 0.6 is 12.0 Å². The molecule has 2 aliphatic rings. The average Bonchev–Trinajstić information content (AvgIpc) is 3.50. The zero-order chi connectivity index (χ0) is 43.2. The summed E-state index contributed by atoms with van der Waals surface area (Å²) in [5, 5.41) is 12.4. The van der Waals surface area contributed by atoms with Gasteiger partial charge in [-0.1, -0.05) is 62.6 Å². The third-order valence-corrected chi connectivity index (χ3v) is 13.2. The third-order valence-electron chi connectivity index (χ3n) is 10.6. The minimum absolute atomic E-state index is 0.0878. The second-order valence-corrected chi connectivity index (χ2v) is 19.7. The van der Waals surface area contributed by atoms with Crippen LogP contribution in [0.1, 0.15) is 82.6 Å². The van der Waals surface area contributed by atoms with E-state index in [2.05, 4.69) is 52.9 Å². The Kier molecular flexibility index (Phi) is 15.2.